The predicted molar refractivity (Wildman–Crippen MR) is 99.1 cm³/mol. The molecule has 0 aliphatic heterocycles. The number of nitro benzene ring substituents is 1. The Hall–Kier alpha value is -1.96. The van der Waals surface area contributed by atoms with Crippen LogP contribution in [-0.2, 0) is 9.84 Å². The summed E-state index contributed by atoms with van der Waals surface area (Å²) in [5, 5.41) is 14.2. The lowest BCUT2D eigenvalue weighted by atomic mass is 9.49. The molecule has 4 fully saturated rings. The highest BCUT2D eigenvalue weighted by Crippen LogP contribution is 2.59. The van der Waals surface area contributed by atoms with Gasteiger partial charge in [0.05, 0.1) is 4.92 Å². The zero-order chi connectivity index (χ0) is 19.4. The molecule has 4 bridgehead atoms. The summed E-state index contributed by atoms with van der Waals surface area (Å²) in [6.45, 7) is 0.594. The molecule has 0 heterocycles. The molecule has 1 N–H and O–H groups in total. The van der Waals surface area contributed by atoms with Crippen LogP contribution in [0.1, 0.15) is 48.9 Å². The lowest BCUT2D eigenvalue weighted by Crippen LogP contribution is -2.51. The molecule has 8 heteroatoms. The normalized spacial score (nSPS) is 31.7. The molecule has 146 valence electrons. The summed E-state index contributed by atoms with van der Waals surface area (Å²) in [7, 11) is -3.74. The SMILES string of the molecule is CS(=O)(=O)c1ccc(C(=O)NCC23CC4CC(CC(C4)C2)C3)cc1[N+](=O)[O-]. The number of carbonyl (C=O) groups is 1. The molecule has 0 radical (unpaired) electrons. The fraction of sp³-hybridized carbons (Fsp3) is 0.632. The molecule has 5 rings (SSSR count). The maximum Gasteiger partial charge on any atom is 0.288 e. The van der Waals surface area contributed by atoms with Crippen LogP contribution >= 0.6 is 0 Å². The van der Waals surface area contributed by atoms with Gasteiger partial charge in [-0.15, -0.1) is 0 Å². The highest BCUT2D eigenvalue weighted by atomic mass is 32.2. The van der Waals surface area contributed by atoms with Crippen LogP contribution in [-0.4, -0.2) is 32.0 Å². The minimum Gasteiger partial charge on any atom is -0.351 e. The Balaban J connectivity index is 1.50. The average Bonchev–Trinajstić information content (AvgIpc) is 2.57. The van der Waals surface area contributed by atoms with Crippen LogP contribution in [0.2, 0.25) is 0 Å². The molecule has 0 atom stereocenters. The van der Waals surface area contributed by atoms with E-state index in [-0.39, 0.29) is 21.8 Å². The Labute approximate surface area is 158 Å². The van der Waals surface area contributed by atoms with Crippen LogP contribution in [0.15, 0.2) is 23.1 Å². The fourth-order valence-corrected chi connectivity index (χ4v) is 6.82. The standard InChI is InChI=1S/C19H24N2O5S/c1-27(25,26)17-3-2-15(7-16(17)21(23)24)18(22)20-11-19-8-12-4-13(9-19)6-14(5-12)10-19/h2-3,7,12-14H,4-6,8-11H2,1H3,(H,20,22). The highest BCUT2D eigenvalue weighted by Gasteiger charge is 2.50. The summed E-state index contributed by atoms with van der Waals surface area (Å²) in [5.41, 5.74) is -0.262. The lowest BCUT2D eigenvalue weighted by Gasteiger charge is -2.56. The molecular formula is C19H24N2O5S. The maximum absolute atomic E-state index is 12.6. The highest BCUT2D eigenvalue weighted by molar-refractivity contribution is 7.90. The third-order valence-corrected chi connectivity index (χ3v) is 7.75. The summed E-state index contributed by atoms with van der Waals surface area (Å²) >= 11 is 0. The number of hydrogen-bond acceptors (Lipinski definition) is 5. The van der Waals surface area contributed by atoms with E-state index >= 15 is 0 Å². The molecule has 1 aromatic carbocycles. The second-order valence-electron chi connectivity index (χ2n) is 8.81. The molecule has 0 aromatic heterocycles. The number of carbonyl (C=O) groups excluding carboxylic acids is 1. The lowest BCUT2D eigenvalue weighted by molar-refractivity contribution is -0.387. The first-order valence-corrected chi connectivity index (χ1v) is 11.3. The molecule has 7 nitrogen and oxygen atoms in total. The van der Waals surface area contributed by atoms with Crippen molar-refractivity contribution in [3.05, 3.63) is 33.9 Å². The molecule has 4 saturated carbocycles. The first-order chi connectivity index (χ1) is 12.7. The number of benzene rings is 1. The topological polar surface area (TPSA) is 106 Å². The van der Waals surface area contributed by atoms with Crippen LogP contribution < -0.4 is 5.32 Å². The number of amides is 1. The zero-order valence-corrected chi connectivity index (χ0v) is 16.1. The van der Waals surface area contributed by atoms with Gasteiger partial charge < -0.3 is 5.32 Å². The van der Waals surface area contributed by atoms with Gasteiger partial charge in [-0.1, -0.05) is 0 Å². The molecule has 4 aliphatic rings. The fourth-order valence-electron chi connectivity index (χ4n) is 5.99. The van der Waals surface area contributed by atoms with Gasteiger partial charge in [0.25, 0.3) is 11.6 Å². The van der Waals surface area contributed by atoms with Crippen molar-refractivity contribution >= 4 is 21.4 Å². The van der Waals surface area contributed by atoms with Crippen molar-refractivity contribution in [1.29, 1.82) is 0 Å². The van der Waals surface area contributed by atoms with Gasteiger partial charge in [-0.25, -0.2) is 8.42 Å². The van der Waals surface area contributed by atoms with Crippen molar-refractivity contribution in [2.75, 3.05) is 12.8 Å². The molecule has 0 saturated heterocycles. The van der Waals surface area contributed by atoms with Crippen molar-refractivity contribution in [2.24, 2.45) is 23.2 Å². The van der Waals surface area contributed by atoms with E-state index in [9.17, 15) is 23.3 Å². The van der Waals surface area contributed by atoms with Crippen LogP contribution in [0, 0.1) is 33.3 Å². The van der Waals surface area contributed by atoms with E-state index < -0.39 is 20.4 Å². The van der Waals surface area contributed by atoms with Gasteiger partial charge in [-0.05, 0) is 73.8 Å². The Bertz CT molecular complexity index is 873. The van der Waals surface area contributed by atoms with Crippen molar-refractivity contribution in [3.63, 3.8) is 0 Å². The molecule has 1 amide bonds. The molecular weight excluding hydrogens is 368 g/mol. The number of sulfone groups is 1. The van der Waals surface area contributed by atoms with E-state index in [2.05, 4.69) is 5.32 Å². The smallest absolute Gasteiger partial charge is 0.288 e. The summed E-state index contributed by atoms with van der Waals surface area (Å²) in [4.78, 5) is 22.7. The van der Waals surface area contributed by atoms with E-state index in [1.165, 1.54) is 25.3 Å². The van der Waals surface area contributed by atoms with E-state index in [1.807, 2.05) is 0 Å². The molecule has 0 unspecified atom stereocenters. The van der Waals surface area contributed by atoms with Crippen molar-refractivity contribution in [3.8, 4) is 0 Å². The minimum atomic E-state index is -3.74. The predicted octanol–water partition coefficient (Wildman–Crippen LogP) is 2.94. The van der Waals surface area contributed by atoms with Gasteiger partial charge in [-0.3, -0.25) is 14.9 Å². The first-order valence-electron chi connectivity index (χ1n) is 9.42. The Morgan fingerprint density at radius 2 is 1.74 bits per heavy atom. The zero-order valence-electron chi connectivity index (χ0n) is 15.3. The van der Waals surface area contributed by atoms with E-state index in [1.54, 1.807) is 0 Å². The minimum absolute atomic E-state index is 0.124. The Morgan fingerprint density at radius 3 is 2.22 bits per heavy atom. The second-order valence-corrected chi connectivity index (χ2v) is 10.8. The Morgan fingerprint density at radius 1 is 1.19 bits per heavy atom. The van der Waals surface area contributed by atoms with E-state index in [4.69, 9.17) is 0 Å². The number of nitrogens with one attached hydrogen (secondary N) is 1. The summed E-state index contributed by atoms with van der Waals surface area (Å²) in [6.07, 6.45) is 8.37. The quantitative estimate of drug-likeness (QED) is 0.612. The van der Waals surface area contributed by atoms with Crippen LogP contribution in [0.3, 0.4) is 0 Å². The number of rotatable bonds is 5. The number of hydrogen-bond donors (Lipinski definition) is 1. The summed E-state index contributed by atoms with van der Waals surface area (Å²) < 4.78 is 23.4. The maximum atomic E-state index is 12.6. The second kappa shape index (κ2) is 6.29. The van der Waals surface area contributed by atoms with Crippen LogP contribution in [0.25, 0.3) is 0 Å². The van der Waals surface area contributed by atoms with Gasteiger partial charge in [0, 0.05) is 24.4 Å². The van der Waals surface area contributed by atoms with Gasteiger partial charge in [0.2, 0.25) is 0 Å². The van der Waals surface area contributed by atoms with Gasteiger partial charge >= 0.3 is 0 Å². The number of nitrogens with zero attached hydrogens (tertiary/aromatic N) is 1. The molecule has 1 aromatic rings. The van der Waals surface area contributed by atoms with Crippen molar-refractivity contribution in [1.82, 2.24) is 5.32 Å². The average molecular weight is 392 g/mol. The molecule has 27 heavy (non-hydrogen) atoms. The number of nitro groups is 1. The monoisotopic (exact) mass is 392 g/mol. The van der Waals surface area contributed by atoms with E-state index in [0.717, 1.165) is 55.4 Å². The first kappa shape index (κ1) is 18.4. The largest absolute Gasteiger partial charge is 0.351 e. The van der Waals surface area contributed by atoms with Crippen LogP contribution in [0.5, 0.6) is 0 Å². The molecule has 4 aliphatic carbocycles. The van der Waals surface area contributed by atoms with Gasteiger partial charge in [-0.2, -0.15) is 0 Å². The van der Waals surface area contributed by atoms with Gasteiger partial charge in [0.1, 0.15) is 4.90 Å². The molecule has 0 spiro atoms. The third kappa shape index (κ3) is 3.47. The van der Waals surface area contributed by atoms with Crippen molar-refractivity contribution in [2.45, 2.75) is 43.4 Å². The van der Waals surface area contributed by atoms with Crippen molar-refractivity contribution < 1.29 is 18.1 Å². The van der Waals surface area contributed by atoms with E-state index in [0.29, 0.717) is 6.54 Å². The van der Waals surface area contributed by atoms with Crippen LogP contribution in [0.4, 0.5) is 5.69 Å². The third-order valence-electron chi connectivity index (χ3n) is 6.61. The van der Waals surface area contributed by atoms with Gasteiger partial charge in [0.15, 0.2) is 9.84 Å². The summed E-state index contributed by atoms with van der Waals surface area (Å²) in [6, 6.07) is 3.55. The Kier molecular flexibility index (Phi) is 4.29. The summed E-state index contributed by atoms with van der Waals surface area (Å²) in [5.74, 6) is 1.96.